The van der Waals surface area contributed by atoms with E-state index in [0.717, 1.165) is 29.0 Å². The number of nitrogens with one attached hydrogen (secondary N) is 1. The van der Waals surface area contributed by atoms with Crippen LogP contribution in [-0.4, -0.2) is 59.3 Å². The average molecular weight is 456 g/mol. The molecule has 1 aliphatic rings. The highest BCUT2D eigenvalue weighted by molar-refractivity contribution is 7.89. The molecule has 1 aliphatic heterocycles. The lowest BCUT2D eigenvalue weighted by Crippen LogP contribution is -2.48. The van der Waals surface area contributed by atoms with Crippen LogP contribution in [-0.2, 0) is 28.4 Å². The average Bonchev–Trinajstić information content (AvgIpc) is 3.09. The number of hydrogen-bond acceptors (Lipinski definition) is 5. The molecule has 0 spiro atoms. The largest absolute Gasteiger partial charge is 0.330 e. The maximum Gasteiger partial charge on any atom is 0.243 e. The van der Waals surface area contributed by atoms with Gasteiger partial charge in [-0.05, 0) is 36.8 Å². The highest BCUT2D eigenvalue weighted by Gasteiger charge is 2.28. The Hall–Kier alpha value is -2.75. The van der Waals surface area contributed by atoms with E-state index in [4.69, 9.17) is 4.98 Å². The molecule has 8 nitrogen and oxygen atoms in total. The van der Waals surface area contributed by atoms with E-state index in [9.17, 15) is 13.2 Å². The molecule has 0 atom stereocenters. The summed E-state index contributed by atoms with van der Waals surface area (Å²) in [5.41, 5.74) is 2.58. The molecule has 4 rings (SSSR count). The van der Waals surface area contributed by atoms with Crippen LogP contribution in [0.1, 0.15) is 25.6 Å². The van der Waals surface area contributed by atoms with Crippen molar-refractivity contribution >= 4 is 32.7 Å². The normalized spacial score (nSPS) is 15.8. The summed E-state index contributed by atoms with van der Waals surface area (Å²) in [6.45, 7) is 4.82. The minimum absolute atomic E-state index is 0.00586. The van der Waals surface area contributed by atoms with E-state index < -0.39 is 10.0 Å². The molecular weight excluding hydrogens is 426 g/mol. The van der Waals surface area contributed by atoms with Crippen molar-refractivity contribution in [2.24, 2.45) is 7.05 Å². The summed E-state index contributed by atoms with van der Waals surface area (Å²) < 4.78 is 29.3. The summed E-state index contributed by atoms with van der Waals surface area (Å²) in [5, 5.41) is 2.92. The van der Waals surface area contributed by atoms with Gasteiger partial charge in [-0.3, -0.25) is 9.69 Å². The van der Waals surface area contributed by atoms with Crippen molar-refractivity contribution < 1.29 is 13.2 Å². The molecule has 32 heavy (non-hydrogen) atoms. The first kappa shape index (κ1) is 22.4. The van der Waals surface area contributed by atoms with Crippen LogP contribution >= 0.6 is 0 Å². The number of carbonyl (C=O) groups excluding carboxylic acids is 1. The minimum Gasteiger partial charge on any atom is -0.330 e. The van der Waals surface area contributed by atoms with E-state index in [0.29, 0.717) is 44.0 Å². The van der Waals surface area contributed by atoms with Gasteiger partial charge in [-0.1, -0.05) is 25.1 Å². The Morgan fingerprint density at radius 3 is 2.47 bits per heavy atom. The van der Waals surface area contributed by atoms with Gasteiger partial charge in [0.2, 0.25) is 15.9 Å². The molecule has 0 radical (unpaired) electrons. The zero-order valence-corrected chi connectivity index (χ0v) is 19.3. The maximum absolute atomic E-state index is 12.8. The van der Waals surface area contributed by atoms with E-state index in [2.05, 4.69) is 14.8 Å². The molecule has 0 aliphatic carbocycles. The Labute approximate surface area is 188 Å². The van der Waals surface area contributed by atoms with Gasteiger partial charge in [-0.15, -0.1) is 0 Å². The third-order valence-electron chi connectivity index (χ3n) is 5.81. The second-order valence-corrected chi connectivity index (χ2v) is 10.0. The van der Waals surface area contributed by atoms with Crippen LogP contribution in [0, 0.1) is 0 Å². The van der Waals surface area contributed by atoms with Gasteiger partial charge in [0.1, 0.15) is 5.82 Å². The van der Waals surface area contributed by atoms with Crippen molar-refractivity contribution in [2.45, 2.75) is 31.2 Å². The number of imidazole rings is 1. The number of benzene rings is 2. The highest BCUT2D eigenvalue weighted by Crippen LogP contribution is 2.22. The van der Waals surface area contributed by atoms with Gasteiger partial charge in [0.05, 0.1) is 22.5 Å². The van der Waals surface area contributed by atoms with Crippen LogP contribution in [0.15, 0.2) is 53.4 Å². The molecule has 3 aromatic rings. The molecular formula is C23H29N5O3S. The second-order valence-electron chi connectivity index (χ2n) is 8.08. The van der Waals surface area contributed by atoms with Gasteiger partial charge in [0.15, 0.2) is 0 Å². The fourth-order valence-corrected chi connectivity index (χ4v) is 5.43. The Morgan fingerprint density at radius 2 is 1.78 bits per heavy atom. The van der Waals surface area contributed by atoms with Crippen molar-refractivity contribution in [3.05, 3.63) is 54.4 Å². The lowest BCUT2D eigenvalue weighted by atomic mass is 10.2. The first-order valence-corrected chi connectivity index (χ1v) is 12.3. The molecule has 0 bridgehead atoms. The van der Waals surface area contributed by atoms with E-state index in [1.165, 1.54) is 0 Å². The molecule has 1 N–H and O–H groups in total. The minimum atomic E-state index is -3.45. The van der Waals surface area contributed by atoms with Gasteiger partial charge in [0.25, 0.3) is 0 Å². The van der Waals surface area contributed by atoms with E-state index in [1.807, 2.05) is 38.2 Å². The molecule has 9 heteroatoms. The van der Waals surface area contributed by atoms with Crippen molar-refractivity contribution in [2.75, 3.05) is 31.5 Å². The molecule has 2 heterocycles. The van der Waals surface area contributed by atoms with Crippen LogP contribution in [0.2, 0.25) is 0 Å². The molecule has 170 valence electrons. The number of hydrogen-bond donors (Lipinski definition) is 1. The van der Waals surface area contributed by atoms with E-state index >= 15 is 0 Å². The van der Waals surface area contributed by atoms with Crippen molar-refractivity contribution in [1.29, 1.82) is 0 Å². The first-order valence-electron chi connectivity index (χ1n) is 10.9. The number of amides is 1. The molecule has 0 saturated carbocycles. The Bertz CT molecular complexity index is 1200. The van der Waals surface area contributed by atoms with Crippen molar-refractivity contribution in [1.82, 2.24) is 18.8 Å². The van der Waals surface area contributed by atoms with Crippen LogP contribution in [0.3, 0.4) is 0 Å². The predicted molar refractivity (Wildman–Crippen MR) is 125 cm³/mol. The predicted octanol–water partition coefficient (Wildman–Crippen LogP) is 2.82. The fourth-order valence-electron chi connectivity index (χ4n) is 3.99. The molecule has 1 saturated heterocycles. The monoisotopic (exact) mass is 455 g/mol. The van der Waals surface area contributed by atoms with Gasteiger partial charge in [0, 0.05) is 45.3 Å². The third-order valence-corrected chi connectivity index (χ3v) is 7.72. The zero-order valence-electron chi connectivity index (χ0n) is 18.5. The van der Waals surface area contributed by atoms with Gasteiger partial charge < -0.3 is 9.88 Å². The lowest BCUT2D eigenvalue weighted by Gasteiger charge is -2.33. The SMILES string of the molecule is CCCC(=O)Nc1ccc2c(c1)nc(CN1CCN(S(=O)(=O)c3ccccc3)CC1)n2C. The zero-order chi connectivity index (χ0) is 22.7. The van der Waals surface area contributed by atoms with Crippen LogP contribution < -0.4 is 5.32 Å². The maximum atomic E-state index is 12.8. The summed E-state index contributed by atoms with van der Waals surface area (Å²) in [4.78, 5) is 19.2. The Balaban J connectivity index is 1.42. The number of piperazine rings is 1. The number of rotatable bonds is 7. The molecule has 0 unspecified atom stereocenters. The van der Waals surface area contributed by atoms with Gasteiger partial charge >= 0.3 is 0 Å². The Kier molecular flexibility index (Phi) is 6.59. The number of fused-ring (bicyclic) bond motifs is 1. The Morgan fingerprint density at radius 1 is 1.06 bits per heavy atom. The van der Waals surface area contributed by atoms with Crippen molar-refractivity contribution in [3.8, 4) is 0 Å². The fraction of sp³-hybridized carbons (Fsp3) is 0.391. The number of aryl methyl sites for hydroxylation is 1. The van der Waals surface area contributed by atoms with Crippen LogP contribution in [0.5, 0.6) is 0 Å². The quantitative estimate of drug-likeness (QED) is 0.592. The first-order chi connectivity index (χ1) is 15.4. The number of carbonyl (C=O) groups is 1. The molecule has 1 amide bonds. The summed E-state index contributed by atoms with van der Waals surface area (Å²) in [7, 11) is -1.47. The van der Waals surface area contributed by atoms with Crippen LogP contribution in [0.4, 0.5) is 5.69 Å². The highest BCUT2D eigenvalue weighted by atomic mass is 32.2. The lowest BCUT2D eigenvalue weighted by molar-refractivity contribution is -0.116. The summed E-state index contributed by atoms with van der Waals surface area (Å²) in [6.07, 6.45) is 1.30. The second kappa shape index (κ2) is 9.40. The molecule has 1 aromatic heterocycles. The standard InChI is InChI=1S/C23H29N5O3S/c1-3-7-23(29)24-18-10-11-21-20(16-18)25-22(26(21)2)17-27-12-14-28(15-13-27)32(30,31)19-8-5-4-6-9-19/h4-6,8-11,16H,3,7,12-15,17H2,1-2H3,(H,24,29). The molecule has 2 aromatic carbocycles. The summed E-state index contributed by atoms with van der Waals surface area (Å²) in [5.74, 6) is 0.919. The van der Waals surface area contributed by atoms with Gasteiger partial charge in [-0.25, -0.2) is 13.4 Å². The summed E-state index contributed by atoms with van der Waals surface area (Å²) >= 11 is 0. The van der Waals surface area contributed by atoms with Crippen LogP contribution in [0.25, 0.3) is 11.0 Å². The molecule has 1 fully saturated rings. The number of nitrogens with zero attached hydrogens (tertiary/aromatic N) is 4. The van der Waals surface area contributed by atoms with Gasteiger partial charge in [-0.2, -0.15) is 4.31 Å². The number of aromatic nitrogens is 2. The third kappa shape index (κ3) is 4.69. The smallest absolute Gasteiger partial charge is 0.243 e. The van der Waals surface area contributed by atoms with E-state index in [1.54, 1.807) is 28.6 Å². The van der Waals surface area contributed by atoms with E-state index in [-0.39, 0.29) is 5.91 Å². The number of anilines is 1. The van der Waals surface area contributed by atoms with Crippen molar-refractivity contribution in [3.63, 3.8) is 0 Å². The topological polar surface area (TPSA) is 87.5 Å². The number of sulfonamides is 1. The summed E-state index contributed by atoms with van der Waals surface area (Å²) in [6, 6.07) is 14.4.